The van der Waals surface area contributed by atoms with Crippen LogP contribution in [0.3, 0.4) is 0 Å². The first kappa shape index (κ1) is 20.3. The normalized spacial score (nSPS) is 18.0. The highest BCUT2D eigenvalue weighted by Gasteiger charge is 2.43. The van der Waals surface area contributed by atoms with Gasteiger partial charge in [-0.2, -0.15) is 0 Å². The van der Waals surface area contributed by atoms with Crippen LogP contribution in [0.4, 0.5) is 10.1 Å². The summed E-state index contributed by atoms with van der Waals surface area (Å²) < 4.78 is 13.5. The van der Waals surface area contributed by atoms with Crippen molar-refractivity contribution < 1.29 is 14.0 Å². The molecule has 0 spiro atoms. The van der Waals surface area contributed by atoms with Gasteiger partial charge in [-0.25, -0.2) is 4.39 Å². The van der Waals surface area contributed by atoms with Gasteiger partial charge in [0.15, 0.2) is 0 Å². The van der Waals surface area contributed by atoms with Gasteiger partial charge in [0.05, 0.1) is 22.7 Å². The van der Waals surface area contributed by atoms with Crippen molar-refractivity contribution in [2.75, 3.05) is 12.4 Å². The van der Waals surface area contributed by atoms with Gasteiger partial charge in [-0.15, -0.1) is 0 Å². The van der Waals surface area contributed by atoms with E-state index in [9.17, 15) is 14.0 Å². The molecule has 0 fully saturated rings. The van der Waals surface area contributed by atoms with E-state index < -0.39 is 17.8 Å². The maximum atomic E-state index is 13.6. The molecular weight excluding hydrogens is 429 g/mol. The van der Waals surface area contributed by atoms with Crippen LogP contribution in [0.1, 0.15) is 33.4 Å². The van der Waals surface area contributed by atoms with Crippen LogP contribution in [0.2, 0.25) is 5.02 Å². The summed E-state index contributed by atoms with van der Waals surface area (Å²) >= 11 is 6.15. The van der Waals surface area contributed by atoms with E-state index in [1.807, 2.05) is 36.5 Å². The highest BCUT2D eigenvalue weighted by molar-refractivity contribution is 6.33. The number of hydrogen-bond donors (Lipinski definition) is 2. The maximum Gasteiger partial charge on any atom is 0.254 e. The molecule has 5 rings (SSSR count). The molecule has 1 aliphatic rings. The summed E-state index contributed by atoms with van der Waals surface area (Å²) in [5, 5.41) is 3.88. The van der Waals surface area contributed by atoms with E-state index >= 15 is 0 Å². The lowest BCUT2D eigenvalue weighted by Gasteiger charge is -2.39. The minimum absolute atomic E-state index is 0.107. The smallest absolute Gasteiger partial charge is 0.254 e. The second kappa shape index (κ2) is 7.80. The lowest BCUT2D eigenvalue weighted by atomic mass is 9.79. The Hall–Kier alpha value is -3.64. The molecule has 2 atom stereocenters. The van der Waals surface area contributed by atoms with Crippen LogP contribution in [0.5, 0.6) is 0 Å². The van der Waals surface area contributed by atoms with Crippen LogP contribution >= 0.6 is 11.6 Å². The Bertz CT molecular complexity index is 1370. The highest BCUT2D eigenvalue weighted by atomic mass is 35.5. The van der Waals surface area contributed by atoms with Gasteiger partial charge in [-0.05, 0) is 35.9 Å². The van der Waals surface area contributed by atoms with E-state index in [0.29, 0.717) is 16.8 Å². The van der Waals surface area contributed by atoms with E-state index in [1.165, 1.54) is 12.1 Å². The fourth-order valence-electron chi connectivity index (χ4n) is 4.49. The Morgan fingerprint density at radius 2 is 1.81 bits per heavy atom. The predicted molar refractivity (Wildman–Crippen MR) is 122 cm³/mol. The molecule has 4 aromatic rings. The molecule has 0 radical (unpaired) electrons. The van der Waals surface area contributed by atoms with E-state index in [-0.39, 0.29) is 16.8 Å². The zero-order valence-electron chi connectivity index (χ0n) is 17.1. The third kappa shape index (κ3) is 3.24. The monoisotopic (exact) mass is 447 g/mol. The zero-order chi connectivity index (χ0) is 22.4. The molecular formula is C25H19ClFN3O2. The number of anilines is 1. The average molecular weight is 448 g/mol. The first-order valence-corrected chi connectivity index (χ1v) is 10.5. The van der Waals surface area contributed by atoms with Crippen LogP contribution < -0.4 is 5.32 Å². The fraction of sp³-hybridized carbons (Fsp3) is 0.120. The third-order valence-corrected chi connectivity index (χ3v) is 6.30. The van der Waals surface area contributed by atoms with Crippen molar-refractivity contribution in [2.45, 2.75) is 12.0 Å². The van der Waals surface area contributed by atoms with Crippen molar-refractivity contribution in [3.63, 3.8) is 0 Å². The molecule has 0 unspecified atom stereocenters. The van der Waals surface area contributed by atoms with Crippen LogP contribution in [-0.2, 0) is 4.79 Å². The highest BCUT2D eigenvalue weighted by Crippen LogP contribution is 2.44. The van der Waals surface area contributed by atoms with Crippen molar-refractivity contribution in [3.05, 3.63) is 100 Å². The minimum Gasteiger partial charge on any atom is -0.361 e. The molecule has 0 bridgehead atoms. The summed E-state index contributed by atoms with van der Waals surface area (Å²) in [6.07, 6.45) is 1.85. The molecule has 160 valence electrons. The Labute approximate surface area is 188 Å². The predicted octanol–water partition coefficient (Wildman–Crippen LogP) is 5.51. The number of aromatic nitrogens is 1. The molecule has 1 aliphatic heterocycles. The lowest BCUT2D eigenvalue weighted by Crippen LogP contribution is -2.44. The number of hydrogen-bond acceptors (Lipinski definition) is 2. The van der Waals surface area contributed by atoms with Gasteiger partial charge in [0.25, 0.3) is 5.91 Å². The van der Waals surface area contributed by atoms with Gasteiger partial charge in [-0.1, -0.05) is 48.0 Å². The molecule has 0 aliphatic carbocycles. The molecule has 32 heavy (non-hydrogen) atoms. The number of fused-ring (bicyclic) bond motifs is 2. The molecule has 3 aromatic carbocycles. The summed E-state index contributed by atoms with van der Waals surface area (Å²) in [6, 6.07) is 18.2. The number of nitrogens with zero attached hydrogens (tertiary/aromatic N) is 1. The van der Waals surface area contributed by atoms with E-state index in [0.717, 1.165) is 22.5 Å². The number of carbonyl (C=O) groups excluding carboxylic acids is 2. The number of para-hydroxylation sites is 1. The number of nitrogens with one attached hydrogen (secondary N) is 2. The summed E-state index contributed by atoms with van der Waals surface area (Å²) in [6.45, 7) is 0. The Balaban J connectivity index is 1.65. The van der Waals surface area contributed by atoms with Crippen molar-refractivity contribution >= 4 is 40.0 Å². The number of halogens is 2. The number of rotatable bonds is 3. The van der Waals surface area contributed by atoms with E-state index in [2.05, 4.69) is 10.3 Å². The second-order valence-electron chi connectivity index (χ2n) is 7.83. The summed E-state index contributed by atoms with van der Waals surface area (Å²) in [7, 11) is 1.70. The van der Waals surface area contributed by atoms with Gasteiger partial charge >= 0.3 is 0 Å². The van der Waals surface area contributed by atoms with Gasteiger partial charge in [-0.3, -0.25) is 9.59 Å². The van der Waals surface area contributed by atoms with Gasteiger partial charge < -0.3 is 15.2 Å². The zero-order valence-corrected chi connectivity index (χ0v) is 17.9. The number of carbonyl (C=O) groups is 2. The van der Waals surface area contributed by atoms with Crippen LogP contribution in [-0.4, -0.2) is 28.7 Å². The molecule has 2 N–H and O–H groups in total. The minimum atomic E-state index is -0.700. The maximum absolute atomic E-state index is 13.6. The first-order chi connectivity index (χ1) is 15.5. The van der Waals surface area contributed by atoms with E-state index in [4.69, 9.17) is 11.6 Å². The summed E-state index contributed by atoms with van der Waals surface area (Å²) in [5.74, 6) is -1.67. The molecule has 7 heteroatoms. The second-order valence-corrected chi connectivity index (χ2v) is 8.24. The Morgan fingerprint density at radius 1 is 1.06 bits per heavy atom. The first-order valence-electron chi connectivity index (χ1n) is 10.1. The topological polar surface area (TPSA) is 65.2 Å². The van der Waals surface area contributed by atoms with Crippen LogP contribution in [0.15, 0.2) is 72.9 Å². The number of aromatic amines is 1. The van der Waals surface area contributed by atoms with E-state index in [1.54, 1.807) is 30.1 Å². The molecule has 2 heterocycles. The number of benzene rings is 3. The number of likely N-dealkylation sites (N-methyl/N-ethyl adjacent to an activating group) is 1. The Kier molecular flexibility index (Phi) is 4.94. The molecule has 0 saturated carbocycles. The van der Waals surface area contributed by atoms with Gasteiger partial charge in [0, 0.05) is 35.3 Å². The molecule has 1 aromatic heterocycles. The van der Waals surface area contributed by atoms with Crippen LogP contribution in [0, 0.1) is 5.82 Å². The largest absolute Gasteiger partial charge is 0.361 e. The third-order valence-electron chi connectivity index (χ3n) is 5.99. The quantitative estimate of drug-likeness (QED) is 0.435. The molecule has 2 amide bonds. The average Bonchev–Trinajstić information content (AvgIpc) is 3.21. The summed E-state index contributed by atoms with van der Waals surface area (Å²) in [5.41, 5.74) is 3.20. The lowest BCUT2D eigenvalue weighted by molar-refractivity contribution is -0.119. The number of amides is 2. The van der Waals surface area contributed by atoms with Gasteiger partial charge in [0.2, 0.25) is 5.91 Å². The van der Waals surface area contributed by atoms with Crippen molar-refractivity contribution in [3.8, 4) is 0 Å². The number of H-pyrrole nitrogens is 1. The van der Waals surface area contributed by atoms with Crippen molar-refractivity contribution in [1.82, 2.24) is 9.88 Å². The van der Waals surface area contributed by atoms with Crippen molar-refractivity contribution in [1.29, 1.82) is 0 Å². The fourth-order valence-corrected chi connectivity index (χ4v) is 4.70. The van der Waals surface area contributed by atoms with Crippen molar-refractivity contribution in [2.24, 2.45) is 0 Å². The Morgan fingerprint density at radius 3 is 2.62 bits per heavy atom. The van der Waals surface area contributed by atoms with Gasteiger partial charge in [0.1, 0.15) is 5.82 Å². The standard InChI is InChI=1S/C25H19ClFN3O2/c1-30-23(18-13-28-20-9-5-4-6-15(18)20)22(16-7-2-3-8-17(16)25(30)32)24(31)29-21-11-10-14(27)12-19(21)26/h2-13,22-23,28H,1H3,(H,29,31)/t22-,23-/m1/s1. The molecule has 5 nitrogen and oxygen atoms in total. The van der Waals surface area contributed by atoms with Crippen LogP contribution in [0.25, 0.3) is 10.9 Å². The SMILES string of the molecule is CN1C(=O)c2ccccc2[C@@H](C(=O)Nc2ccc(F)cc2Cl)[C@H]1c1c[nH]c2ccccc12. The molecule has 0 saturated heterocycles. The summed E-state index contributed by atoms with van der Waals surface area (Å²) in [4.78, 5) is 31.7.